The summed E-state index contributed by atoms with van der Waals surface area (Å²) < 4.78 is 16.3. The Morgan fingerprint density at radius 1 is 0.964 bits per heavy atom. The minimum absolute atomic E-state index is 0.0568. The summed E-state index contributed by atoms with van der Waals surface area (Å²) in [4.78, 5) is 36.1. The van der Waals surface area contributed by atoms with Crippen LogP contribution in [0.5, 0.6) is 11.5 Å². The van der Waals surface area contributed by atoms with Gasteiger partial charge in [0, 0.05) is 24.0 Å². The number of amides is 1. The Labute approximate surface area is 162 Å². The zero-order chi connectivity index (χ0) is 19.9. The number of fused-ring (bicyclic) bond motifs is 1. The van der Waals surface area contributed by atoms with Gasteiger partial charge in [0.15, 0.2) is 17.3 Å². The molecule has 1 aliphatic heterocycles. The predicted molar refractivity (Wildman–Crippen MR) is 100 cm³/mol. The summed E-state index contributed by atoms with van der Waals surface area (Å²) in [7, 11) is 0. The average Bonchev–Trinajstić information content (AvgIpc) is 2.95. The fraction of sp³-hybridized carbons (Fsp3) is 0.286. The molecule has 7 heteroatoms. The van der Waals surface area contributed by atoms with Crippen molar-refractivity contribution in [2.24, 2.45) is 5.73 Å². The van der Waals surface area contributed by atoms with Crippen LogP contribution in [0.1, 0.15) is 41.3 Å². The quantitative estimate of drug-likeness (QED) is 0.582. The third kappa shape index (κ3) is 4.88. The third-order valence-corrected chi connectivity index (χ3v) is 4.24. The van der Waals surface area contributed by atoms with E-state index < -0.39 is 18.0 Å². The average molecular weight is 383 g/mol. The summed E-state index contributed by atoms with van der Waals surface area (Å²) in [6.07, 6.45) is -0.628. The molecule has 0 saturated heterocycles. The van der Waals surface area contributed by atoms with E-state index in [1.54, 1.807) is 48.5 Å². The van der Waals surface area contributed by atoms with Crippen LogP contribution in [0, 0.1) is 0 Å². The Bertz CT molecular complexity index is 864. The second-order valence-electron chi connectivity index (χ2n) is 6.32. The number of hydrogen-bond donors (Lipinski definition) is 1. The number of carbonyl (C=O) groups is 3. The first kappa shape index (κ1) is 19.4. The second-order valence-corrected chi connectivity index (χ2v) is 6.32. The number of ketones is 1. The van der Waals surface area contributed by atoms with Gasteiger partial charge < -0.3 is 19.9 Å². The SMILES string of the molecule is NC(=O)C(OC(=O)CCC(=O)c1ccc2c(c1)OCCCO2)c1ccccc1. The van der Waals surface area contributed by atoms with Gasteiger partial charge in [-0.15, -0.1) is 0 Å². The molecule has 0 saturated carbocycles. The highest BCUT2D eigenvalue weighted by atomic mass is 16.5. The van der Waals surface area contributed by atoms with Crippen molar-refractivity contribution >= 4 is 17.7 Å². The summed E-state index contributed by atoms with van der Waals surface area (Å²) >= 11 is 0. The molecule has 0 radical (unpaired) electrons. The number of hydrogen-bond acceptors (Lipinski definition) is 6. The number of primary amides is 1. The second kappa shape index (κ2) is 9.03. The van der Waals surface area contributed by atoms with Gasteiger partial charge in [-0.05, 0) is 18.2 Å². The molecule has 2 aromatic rings. The van der Waals surface area contributed by atoms with Crippen LogP contribution in [0.25, 0.3) is 0 Å². The molecule has 1 atom stereocenters. The molecule has 2 N–H and O–H groups in total. The molecular weight excluding hydrogens is 362 g/mol. The van der Waals surface area contributed by atoms with Gasteiger partial charge in [-0.25, -0.2) is 0 Å². The topological polar surface area (TPSA) is 105 Å². The third-order valence-electron chi connectivity index (χ3n) is 4.24. The number of Topliss-reactive ketones (excluding diaryl/α,β-unsaturated/α-hetero) is 1. The molecule has 1 amide bonds. The molecule has 28 heavy (non-hydrogen) atoms. The molecule has 7 nitrogen and oxygen atoms in total. The Morgan fingerprint density at radius 3 is 2.39 bits per heavy atom. The summed E-state index contributed by atoms with van der Waals surface area (Å²) in [6.45, 7) is 1.08. The van der Waals surface area contributed by atoms with Gasteiger partial charge in [-0.2, -0.15) is 0 Å². The summed E-state index contributed by atoms with van der Waals surface area (Å²) in [5.74, 6) is -0.559. The van der Waals surface area contributed by atoms with Gasteiger partial charge in [0.2, 0.25) is 6.10 Å². The lowest BCUT2D eigenvalue weighted by Gasteiger charge is -2.15. The van der Waals surface area contributed by atoms with Crippen LogP contribution in [-0.2, 0) is 14.3 Å². The van der Waals surface area contributed by atoms with E-state index in [0.717, 1.165) is 6.42 Å². The van der Waals surface area contributed by atoms with E-state index >= 15 is 0 Å². The molecule has 2 aromatic carbocycles. The van der Waals surface area contributed by atoms with Gasteiger partial charge in [-0.3, -0.25) is 14.4 Å². The lowest BCUT2D eigenvalue weighted by Crippen LogP contribution is -2.26. The van der Waals surface area contributed by atoms with Crippen molar-refractivity contribution < 1.29 is 28.6 Å². The summed E-state index contributed by atoms with van der Waals surface area (Å²) in [5.41, 5.74) is 6.24. The lowest BCUT2D eigenvalue weighted by atomic mass is 10.1. The normalized spacial score (nSPS) is 13.9. The molecule has 0 spiro atoms. The first-order valence-corrected chi connectivity index (χ1v) is 9.01. The smallest absolute Gasteiger partial charge is 0.307 e. The van der Waals surface area contributed by atoms with Crippen molar-refractivity contribution in [1.29, 1.82) is 0 Å². The van der Waals surface area contributed by atoms with Crippen LogP contribution in [0.2, 0.25) is 0 Å². The molecule has 0 fully saturated rings. The number of esters is 1. The highest BCUT2D eigenvalue weighted by Gasteiger charge is 2.23. The summed E-state index contributed by atoms with van der Waals surface area (Å²) in [6, 6.07) is 13.4. The van der Waals surface area contributed by atoms with Gasteiger partial charge in [0.1, 0.15) is 0 Å². The first-order valence-electron chi connectivity index (χ1n) is 9.01. The maximum absolute atomic E-state index is 12.4. The maximum atomic E-state index is 12.4. The number of nitrogens with two attached hydrogens (primary N) is 1. The molecule has 3 rings (SSSR count). The minimum Gasteiger partial charge on any atom is -0.490 e. The van der Waals surface area contributed by atoms with Gasteiger partial charge in [0.05, 0.1) is 19.6 Å². The monoisotopic (exact) mass is 383 g/mol. The predicted octanol–water partition coefficient (Wildman–Crippen LogP) is 2.58. The van der Waals surface area contributed by atoms with Crippen molar-refractivity contribution in [3.8, 4) is 11.5 Å². The van der Waals surface area contributed by atoms with Crippen molar-refractivity contribution in [3.63, 3.8) is 0 Å². The van der Waals surface area contributed by atoms with E-state index in [0.29, 0.717) is 35.8 Å². The van der Waals surface area contributed by atoms with Crippen LogP contribution in [0.4, 0.5) is 0 Å². The summed E-state index contributed by atoms with van der Waals surface area (Å²) in [5, 5.41) is 0. The highest BCUT2D eigenvalue weighted by molar-refractivity contribution is 5.98. The maximum Gasteiger partial charge on any atom is 0.307 e. The standard InChI is InChI=1S/C21H21NO6/c22-21(25)20(14-5-2-1-3-6-14)28-19(24)10-8-16(23)15-7-9-17-18(13-15)27-12-4-11-26-17/h1-3,5-7,9,13,20H,4,8,10-12H2,(H2,22,25). The van der Waals surface area contributed by atoms with E-state index in [9.17, 15) is 14.4 Å². The fourth-order valence-corrected chi connectivity index (χ4v) is 2.81. The van der Waals surface area contributed by atoms with Crippen LogP contribution in [0.15, 0.2) is 48.5 Å². The fourth-order valence-electron chi connectivity index (χ4n) is 2.81. The van der Waals surface area contributed by atoms with Crippen molar-refractivity contribution in [2.75, 3.05) is 13.2 Å². The van der Waals surface area contributed by atoms with Crippen LogP contribution in [-0.4, -0.2) is 30.9 Å². The van der Waals surface area contributed by atoms with E-state index in [-0.39, 0.29) is 18.6 Å². The Balaban J connectivity index is 1.59. The molecule has 1 heterocycles. The van der Waals surface area contributed by atoms with Crippen molar-refractivity contribution in [2.45, 2.75) is 25.4 Å². The zero-order valence-electron chi connectivity index (χ0n) is 15.3. The van der Waals surface area contributed by atoms with Crippen LogP contribution >= 0.6 is 0 Å². The number of carbonyl (C=O) groups excluding carboxylic acids is 3. The van der Waals surface area contributed by atoms with Gasteiger partial charge in [0.25, 0.3) is 5.91 Å². The van der Waals surface area contributed by atoms with Crippen LogP contribution < -0.4 is 15.2 Å². The van der Waals surface area contributed by atoms with Crippen molar-refractivity contribution in [3.05, 3.63) is 59.7 Å². The van der Waals surface area contributed by atoms with E-state index in [1.807, 2.05) is 0 Å². The lowest BCUT2D eigenvalue weighted by molar-refractivity contribution is -0.155. The molecule has 146 valence electrons. The van der Waals surface area contributed by atoms with Gasteiger partial charge >= 0.3 is 5.97 Å². The van der Waals surface area contributed by atoms with E-state index in [4.69, 9.17) is 19.9 Å². The number of benzene rings is 2. The molecule has 1 aliphatic rings. The molecular formula is C21H21NO6. The van der Waals surface area contributed by atoms with Crippen molar-refractivity contribution in [1.82, 2.24) is 0 Å². The minimum atomic E-state index is -1.18. The number of rotatable bonds is 7. The largest absolute Gasteiger partial charge is 0.490 e. The van der Waals surface area contributed by atoms with E-state index in [2.05, 4.69) is 0 Å². The Hall–Kier alpha value is -3.35. The highest BCUT2D eigenvalue weighted by Crippen LogP contribution is 2.31. The Kier molecular flexibility index (Phi) is 6.26. The molecule has 0 bridgehead atoms. The molecule has 0 aromatic heterocycles. The zero-order valence-corrected chi connectivity index (χ0v) is 15.3. The van der Waals surface area contributed by atoms with Gasteiger partial charge in [-0.1, -0.05) is 30.3 Å². The van der Waals surface area contributed by atoms with Crippen LogP contribution in [0.3, 0.4) is 0 Å². The molecule has 0 aliphatic carbocycles. The molecule has 1 unspecified atom stereocenters. The number of ether oxygens (including phenoxy) is 3. The Morgan fingerprint density at radius 2 is 1.68 bits per heavy atom. The van der Waals surface area contributed by atoms with E-state index in [1.165, 1.54) is 0 Å². The first-order chi connectivity index (χ1) is 13.5.